The highest BCUT2D eigenvalue weighted by Crippen LogP contribution is 2.30. The number of hydrogen-bond acceptors (Lipinski definition) is 4. The van der Waals surface area contributed by atoms with Crippen LogP contribution in [0.15, 0.2) is 0 Å². The van der Waals surface area contributed by atoms with Crippen LogP contribution in [0.1, 0.15) is 25.7 Å². The minimum Gasteiger partial charge on any atom is -0.550 e. The summed E-state index contributed by atoms with van der Waals surface area (Å²) in [6.45, 7) is 0.287. The number of hydrogen-bond donors (Lipinski definition) is 0. The molecule has 1 rings (SSSR count). The molecule has 0 N–H and O–H groups in total. The largest absolute Gasteiger partial charge is 0.550 e. The molecule has 15 heavy (non-hydrogen) atoms. The average molecular weight is 278 g/mol. The molecular formula is C10H14BrO4-. The number of aliphatic carboxylic acids is 1. The molecule has 0 spiro atoms. The van der Waals surface area contributed by atoms with E-state index in [0.29, 0.717) is 18.2 Å². The number of carbonyl (C=O) groups excluding carboxylic acids is 2. The highest BCUT2D eigenvalue weighted by atomic mass is 79.9. The Hall–Kier alpha value is -0.580. The van der Waals surface area contributed by atoms with E-state index in [4.69, 9.17) is 4.74 Å². The number of alkyl halides is 1. The van der Waals surface area contributed by atoms with Gasteiger partial charge in [0.15, 0.2) is 0 Å². The van der Waals surface area contributed by atoms with Crippen LogP contribution in [0.4, 0.5) is 0 Å². The normalized spacial score (nSPS) is 25.9. The Morgan fingerprint density at radius 2 is 1.87 bits per heavy atom. The van der Waals surface area contributed by atoms with Crippen LogP contribution in [-0.2, 0) is 14.3 Å². The Morgan fingerprint density at radius 3 is 2.40 bits per heavy atom. The second kappa shape index (κ2) is 6.10. The van der Waals surface area contributed by atoms with Crippen LogP contribution in [0.2, 0.25) is 0 Å². The Bertz CT molecular complexity index is 242. The third kappa shape index (κ3) is 3.48. The Kier molecular flexibility index (Phi) is 5.08. The van der Waals surface area contributed by atoms with Crippen molar-refractivity contribution >= 4 is 27.9 Å². The van der Waals surface area contributed by atoms with Crippen molar-refractivity contribution in [1.82, 2.24) is 0 Å². The maximum Gasteiger partial charge on any atom is 0.309 e. The van der Waals surface area contributed by atoms with Crippen molar-refractivity contribution in [2.24, 2.45) is 11.8 Å². The van der Waals surface area contributed by atoms with Gasteiger partial charge >= 0.3 is 5.97 Å². The van der Waals surface area contributed by atoms with E-state index in [2.05, 4.69) is 15.9 Å². The first-order valence-electron chi connectivity index (χ1n) is 5.10. The molecule has 4 nitrogen and oxygen atoms in total. The van der Waals surface area contributed by atoms with E-state index < -0.39 is 23.8 Å². The van der Waals surface area contributed by atoms with E-state index >= 15 is 0 Å². The van der Waals surface area contributed by atoms with E-state index in [-0.39, 0.29) is 6.61 Å². The van der Waals surface area contributed by atoms with E-state index in [9.17, 15) is 14.7 Å². The molecule has 5 heteroatoms. The lowest BCUT2D eigenvalue weighted by molar-refractivity contribution is -0.314. The summed E-state index contributed by atoms with van der Waals surface area (Å²) >= 11 is 3.14. The molecule has 1 aliphatic rings. The first-order chi connectivity index (χ1) is 7.16. The van der Waals surface area contributed by atoms with Crippen LogP contribution < -0.4 is 5.11 Å². The number of carboxylic acids is 1. The Morgan fingerprint density at radius 1 is 1.27 bits per heavy atom. The summed E-state index contributed by atoms with van der Waals surface area (Å²) in [5, 5.41) is 11.4. The van der Waals surface area contributed by atoms with Crippen molar-refractivity contribution < 1.29 is 19.4 Å². The van der Waals surface area contributed by atoms with E-state index in [1.54, 1.807) is 0 Å². The van der Waals surface area contributed by atoms with Gasteiger partial charge in [0, 0.05) is 17.2 Å². The van der Waals surface area contributed by atoms with Gasteiger partial charge in [-0.15, -0.1) is 0 Å². The second-order valence-corrected chi connectivity index (χ2v) is 4.47. The van der Waals surface area contributed by atoms with Gasteiger partial charge in [0.05, 0.1) is 5.92 Å². The number of rotatable bonds is 4. The average Bonchev–Trinajstić information content (AvgIpc) is 2.25. The van der Waals surface area contributed by atoms with Crippen LogP contribution in [0.3, 0.4) is 0 Å². The van der Waals surface area contributed by atoms with E-state index in [1.165, 1.54) is 0 Å². The fraction of sp³-hybridized carbons (Fsp3) is 0.800. The summed E-state index contributed by atoms with van der Waals surface area (Å²) < 4.78 is 4.93. The highest BCUT2D eigenvalue weighted by Gasteiger charge is 2.32. The molecule has 0 aromatic heterocycles. The molecule has 0 radical (unpaired) electrons. The molecule has 0 bridgehead atoms. The molecule has 0 aromatic carbocycles. The smallest absolute Gasteiger partial charge is 0.309 e. The third-order valence-electron chi connectivity index (χ3n) is 2.69. The molecule has 2 atom stereocenters. The third-order valence-corrected chi connectivity index (χ3v) is 3.02. The predicted octanol–water partition coefficient (Wildman–Crippen LogP) is 0.481. The van der Waals surface area contributed by atoms with Gasteiger partial charge in [-0.2, -0.15) is 0 Å². The van der Waals surface area contributed by atoms with Crippen molar-refractivity contribution in [3.63, 3.8) is 0 Å². The first kappa shape index (κ1) is 12.5. The van der Waals surface area contributed by atoms with Crippen LogP contribution >= 0.6 is 15.9 Å². The molecular weight excluding hydrogens is 264 g/mol. The summed E-state index contributed by atoms with van der Waals surface area (Å²) in [4.78, 5) is 22.4. The zero-order chi connectivity index (χ0) is 11.3. The monoisotopic (exact) mass is 277 g/mol. The minimum absolute atomic E-state index is 0.287. The molecule has 0 heterocycles. The Labute approximate surface area is 97.1 Å². The lowest BCUT2D eigenvalue weighted by atomic mass is 9.79. The quantitative estimate of drug-likeness (QED) is 0.554. The molecule has 0 saturated heterocycles. The van der Waals surface area contributed by atoms with E-state index in [1.807, 2.05) is 0 Å². The number of carbonyl (C=O) groups is 2. The highest BCUT2D eigenvalue weighted by molar-refractivity contribution is 9.09. The SMILES string of the molecule is O=C(OCCBr)[C@H]1CCCC[C@H]1C(=O)[O-]. The van der Waals surface area contributed by atoms with Crippen molar-refractivity contribution in [1.29, 1.82) is 0 Å². The molecule has 0 aliphatic heterocycles. The molecule has 1 fully saturated rings. The van der Waals surface area contributed by atoms with Gasteiger partial charge in [0.1, 0.15) is 6.61 Å². The predicted molar refractivity (Wildman–Crippen MR) is 55.2 cm³/mol. The summed E-state index contributed by atoms with van der Waals surface area (Å²) in [5.41, 5.74) is 0. The van der Waals surface area contributed by atoms with Crippen LogP contribution in [0.25, 0.3) is 0 Å². The van der Waals surface area contributed by atoms with Gasteiger partial charge in [0.2, 0.25) is 0 Å². The zero-order valence-corrected chi connectivity index (χ0v) is 9.99. The minimum atomic E-state index is -1.13. The maximum absolute atomic E-state index is 11.5. The van der Waals surface area contributed by atoms with E-state index in [0.717, 1.165) is 12.8 Å². The van der Waals surface area contributed by atoms with Gasteiger partial charge < -0.3 is 14.6 Å². The number of halogens is 1. The van der Waals surface area contributed by atoms with Crippen molar-refractivity contribution in [3.8, 4) is 0 Å². The number of esters is 1. The second-order valence-electron chi connectivity index (χ2n) is 3.67. The molecule has 86 valence electrons. The summed E-state index contributed by atoms with van der Waals surface area (Å²) in [6, 6.07) is 0. The molecule has 1 aliphatic carbocycles. The van der Waals surface area contributed by atoms with Gasteiger partial charge in [-0.1, -0.05) is 28.8 Å². The number of carboxylic acid groups (broad SMARTS) is 1. The zero-order valence-electron chi connectivity index (χ0n) is 8.41. The maximum atomic E-state index is 11.5. The lowest BCUT2D eigenvalue weighted by Gasteiger charge is -2.30. The molecule has 0 unspecified atom stereocenters. The van der Waals surface area contributed by atoms with Crippen LogP contribution in [-0.4, -0.2) is 23.9 Å². The Balaban J connectivity index is 2.55. The van der Waals surface area contributed by atoms with Gasteiger partial charge in [0.25, 0.3) is 0 Å². The van der Waals surface area contributed by atoms with Gasteiger partial charge in [-0.3, -0.25) is 4.79 Å². The molecule has 0 aromatic rings. The molecule has 1 saturated carbocycles. The summed E-state index contributed by atoms with van der Waals surface area (Å²) in [6.07, 6.45) is 2.86. The van der Waals surface area contributed by atoms with Crippen molar-refractivity contribution in [3.05, 3.63) is 0 Å². The topological polar surface area (TPSA) is 66.4 Å². The van der Waals surface area contributed by atoms with Crippen molar-refractivity contribution in [2.45, 2.75) is 25.7 Å². The fourth-order valence-electron chi connectivity index (χ4n) is 1.94. The summed E-state index contributed by atoms with van der Waals surface area (Å²) in [5.74, 6) is -2.71. The van der Waals surface area contributed by atoms with Crippen LogP contribution in [0.5, 0.6) is 0 Å². The lowest BCUT2D eigenvalue weighted by Crippen LogP contribution is -2.41. The summed E-state index contributed by atoms with van der Waals surface area (Å²) in [7, 11) is 0. The first-order valence-corrected chi connectivity index (χ1v) is 6.22. The van der Waals surface area contributed by atoms with Crippen LogP contribution in [0, 0.1) is 11.8 Å². The number of ether oxygens (including phenoxy) is 1. The van der Waals surface area contributed by atoms with Crippen molar-refractivity contribution in [2.75, 3.05) is 11.9 Å². The van der Waals surface area contributed by atoms with Gasteiger partial charge in [-0.25, -0.2) is 0 Å². The van der Waals surface area contributed by atoms with Gasteiger partial charge in [-0.05, 0) is 12.8 Å². The fourth-order valence-corrected chi connectivity index (χ4v) is 2.10. The molecule has 0 amide bonds. The standard InChI is InChI=1S/C10H15BrO4/c11-5-6-15-10(14)8-4-2-1-3-7(8)9(12)13/h7-8H,1-6H2,(H,12,13)/p-1/t7-,8+/m1/s1.